The number of hydrogen-bond donors (Lipinski definition) is 1. The molecule has 0 aromatic rings. The quantitative estimate of drug-likeness (QED) is 0.0359. The van der Waals surface area contributed by atoms with Crippen LogP contribution in [0.15, 0.2) is 0 Å². The lowest BCUT2D eigenvalue weighted by Crippen LogP contribution is -2.70. The van der Waals surface area contributed by atoms with Crippen LogP contribution in [0, 0.1) is 11.3 Å². The normalized spacial score (nSPS) is 13.1. The van der Waals surface area contributed by atoms with Gasteiger partial charge in [-0.15, -0.1) is 0 Å². The topological polar surface area (TPSA) is 240 Å². The minimum Gasteiger partial charge on any atom is -0.463 e. The second-order valence-corrected chi connectivity index (χ2v) is 20.8. The van der Waals surface area contributed by atoms with Crippen LogP contribution in [0.25, 0.3) is 0 Å². The molecule has 1 atom stereocenters. The van der Waals surface area contributed by atoms with Gasteiger partial charge in [0.1, 0.15) is 6.61 Å². The van der Waals surface area contributed by atoms with E-state index < -0.39 is 60.1 Å². The first-order valence-corrected chi connectivity index (χ1v) is 32.0. The summed E-state index contributed by atoms with van der Waals surface area (Å²) in [7, 11) is 1.64. The van der Waals surface area contributed by atoms with E-state index in [9.17, 15) is 66.7 Å². The van der Waals surface area contributed by atoms with Crippen molar-refractivity contribution in [3.05, 3.63) is 0 Å². The maximum atomic E-state index is 13.5. The number of rotatable bonds is 71. The number of esters is 1. The van der Waals surface area contributed by atoms with Crippen LogP contribution in [0.3, 0.4) is 0 Å². The lowest BCUT2D eigenvalue weighted by Gasteiger charge is -2.39. The number of nitrogens with one attached hydrogen (secondary N) is 1. The van der Waals surface area contributed by atoms with Gasteiger partial charge in [-0.05, 0) is 12.8 Å². The van der Waals surface area contributed by atoms with Crippen LogP contribution < -0.4 is 5.32 Å². The van der Waals surface area contributed by atoms with Gasteiger partial charge in [0.05, 0.1) is 264 Å². The van der Waals surface area contributed by atoms with Gasteiger partial charge < -0.3 is 105 Å². The van der Waals surface area contributed by atoms with E-state index in [0.717, 1.165) is 6.42 Å². The van der Waals surface area contributed by atoms with E-state index >= 15 is 0 Å². The Morgan fingerprint density at radius 3 is 0.722 bits per heavy atom. The largest absolute Gasteiger partial charge is 0.463 e. The number of halogens is 13. The summed E-state index contributed by atoms with van der Waals surface area (Å²) in [4.78, 5) is 23.1. The molecule has 0 rings (SSSR count). The first kappa shape index (κ1) is 96.3. The van der Waals surface area contributed by atoms with Gasteiger partial charge in [0.25, 0.3) is 0 Å². The van der Waals surface area contributed by atoms with Gasteiger partial charge in [0, 0.05) is 25.5 Å². The maximum absolute atomic E-state index is 13.5. The molecule has 24 nitrogen and oxygen atoms in total. The second kappa shape index (κ2) is 60.8. The molecule has 0 aliphatic heterocycles. The summed E-state index contributed by atoms with van der Waals surface area (Å²) < 4.78 is 282. The molecule has 0 aromatic carbocycles. The van der Waals surface area contributed by atoms with E-state index in [1.807, 2.05) is 13.8 Å². The predicted octanol–water partition coefficient (Wildman–Crippen LogP) is 7.21. The third kappa shape index (κ3) is 48.7. The number of carbonyl (C=O) groups excluding carboxylic acids is 2. The van der Waals surface area contributed by atoms with Crippen LogP contribution in [0.4, 0.5) is 57.1 Å². The van der Waals surface area contributed by atoms with E-state index in [1.54, 1.807) is 12.4 Å². The molecule has 0 bridgehead atoms. The second-order valence-electron chi connectivity index (χ2n) is 20.8. The highest BCUT2D eigenvalue weighted by Gasteiger charge is 2.90. The average molecular weight is 1460 g/mol. The SMILES string of the molecule is CCC(C)(C)C(=O)NCCC(F)(F)C(F)(F)C(F)(F)C(F)(F)C(F)(F)C(F)(F)F.CCC(C)C(=O)OCCOCCOCCOCCOCCOCCOCCOCCOCCOCCOCCOCCOCCOCCOCCOCCOCCOCCOCCOCCOC. The fourth-order valence-electron chi connectivity index (χ4n) is 6.40. The van der Waals surface area contributed by atoms with Crippen molar-refractivity contribution in [2.24, 2.45) is 11.3 Å². The standard InChI is InChI=1S/C46H92O22.C14H16F13NO/c1-4-45(2)46(47)68-44-43-67-42-41-66-40-39-65-38-37-64-36-35-63-34-33-62-32-31-61-30-29-60-28-27-59-26-25-58-24-23-57-22-21-56-20-19-55-18-17-54-16-15-53-14-13-52-12-11-51-10-9-50-8-7-49-6-5-48-3;1-4-8(2,3)7(29)28-6-5-9(15,16)10(17,18)11(19,20)12(21,22)13(23,24)14(25,26)27/h45H,4-44H2,1-3H3;4-6H2,1-3H3,(H,28,29). The molecular weight excluding hydrogens is 1350 g/mol. The predicted molar refractivity (Wildman–Crippen MR) is 320 cm³/mol. The van der Waals surface area contributed by atoms with Crippen molar-refractivity contribution in [1.82, 2.24) is 5.32 Å². The number of carbonyl (C=O) groups is 2. The number of amides is 1. The van der Waals surface area contributed by atoms with Crippen LogP contribution in [-0.4, -0.2) is 326 Å². The molecule has 1 N–H and O–H groups in total. The average Bonchev–Trinajstić information content (AvgIpc) is 0.714. The molecule has 0 fully saturated rings. The molecular formula is C60H108F13NO23. The van der Waals surface area contributed by atoms with Gasteiger partial charge >= 0.3 is 41.8 Å². The first-order chi connectivity index (χ1) is 46.2. The Kier molecular flexibility index (Phi) is 60.3. The molecule has 37 heteroatoms. The fraction of sp³-hybridized carbons (Fsp3) is 0.967. The van der Waals surface area contributed by atoms with E-state index in [0.29, 0.717) is 258 Å². The van der Waals surface area contributed by atoms with E-state index in [-0.39, 0.29) is 24.9 Å². The number of methoxy groups -OCH3 is 1. The highest BCUT2D eigenvalue weighted by Crippen LogP contribution is 2.60. The highest BCUT2D eigenvalue weighted by atomic mass is 19.4. The zero-order chi connectivity index (χ0) is 72.9. The summed E-state index contributed by atoms with van der Waals surface area (Å²) in [6.07, 6.45) is -9.01. The fourth-order valence-corrected chi connectivity index (χ4v) is 6.40. The van der Waals surface area contributed by atoms with Gasteiger partial charge in [0.2, 0.25) is 5.91 Å². The van der Waals surface area contributed by atoms with Gasteiger partial charge in [0.15, 0.2) is 0 Å². The lowest BCUT2D eigenvalue weighted by molar-refractivity contribution is -0.440. The van der Waals surface area contributed by atoms with Gasteiger partial charge in [-0.25, -0.2) is 0 Å². The van der Waals surface area contributed by atoms with Crippen molar-refractivity contribution in [3.8, 4) is 0 Å². The molecule has 1 amide bonds. The Hall–Kier alpha value is -2.77. The maximum Gasteiger partial charge on any atom is 0.460 e. The first-order valence-electron chi connectivity index (χ1n) is 32.0. The Labute approximate surface area is 561 Å². The molecule has 0 aliphatic rings. The summed E-state index contributed by atoms with van der Waals surface area (Å²) in [5.41, 5.74) is -1.22. The molecule has 0 radical (unpaired) electrons. The van der Waals surface area contributed by atoms with Crippen molar-refractivity contribution >= 4 is 11.9 Å². The van der Waals surface area contributed by atoms with Crippen LogP contribution in [0.1, 0.15) is 53.9 Å². The smallest absolute Gasteiger partial charge is 0.460 e. The molecule has 0 spiro atoms. The zero-order valence-electron chi connectivity index (χ0n) is 57.0. The van der Waals surface area contributed by atoms with Crippen molar-refractivity contribution < 1.29 is 166 Å². The Morgan fingerprint density at radius 2 is 0.526 bits per heavy atom. The number of ether oxygens (including phenoxy) is 21. The molecule has 0 heterocycles. The highest BCUT2D eigenvalue weighted by molar-refractivity contribution is 5.81. The van der Waals surface area contributed by atoms with Crippen LogP contribution in [0.5, 0.6) is 0 Å². The lowest BCUT2D eigenvalue weighted by atomic mass is 9.89. The van der Waals surface area contributed by atoms with Crippen LogP contribution >= 0.6 is 0 Å². The van der Waals surface area contributed by atoms with Crippen molar-refractivity contribution in [1.29, 1.82) is 0 Å². The number of hydrogen-bond acceptors (Lipinski definition) is 23. The third-order valence-electron chi connectivity index (χ3n) is 12.8. The summed E-state index contributed by atoms with van der Waals surface area (Å²) in [5, 5.41) is 1.63. The Balaban J connectivity index is 0. The zero-order valence-corrected chi connectivity index (χ0v) is 57.0. The van der Waals surface area contributed by atoms with Crippen LogP contribution in [-0.2, 0) is 109 Å². The minimum absolute atomic E-state index is 0.0806. The summed E-state index contributed by atoms with van der Waals surface area (Å²) in [5.74, 6) is -38.3. The third-order valence-corrected chi connectivity index (χ3v) is 12.8. The van der Waals surface area contributed by atoms with Gasteiger partial charge in [-0.3, -0.25) is 9.59 Å². The molecule has 0 saturated carbocycles. The summed E-state index contributed by atoms with van der Waals surface area (Å²) >= 11 is 0. The van der Waals surface area contributed by atoms with Gasteiger partial charge in [-0.2, -0.15) is 57.1 Å². The molecule has 1 unspecified atom stereocenters. The molecule has 0 aliphatic carbocycles. The Bertz CT molecular complexity index is 1800. The monoisotopic (exact) mass is 1460 g/mol. The van der Waals surface area contributed by atoms with Crippen molar-refractivity contribution in [3.63, 3.8) is 0 Å². The van der Waals surface area contributed by atoms with Gasteiger partial charge in [-0.1, -0.05) is 34.6 Å². The molecule has 582 valence electrons. The molecule has 97 heavy (non-hydrogen) atoms. The molecule has 0 aromatic heterocycles. The summed E-state index contributed by atoms with van der Waals surface area (Å²) in [6.45, 7) is 25.9. The minimum atomic E-state index is -7.92. The van der Waals surface area contributed by atoms with E-state index in [1.165, 1.54) is 20.8 Å². The van der Waals surface area contributed by atoms with Crippen molar-refractivity contribution in [2.45, 2.75) is 89.7 Å². The summed E-state index contributed by atoms with van der Waals surface area (Å²) in [6, 6.07) is 0. The Morgan fingerprint density at radius 1 is 0.320 bits per heavy atom. The number of alkyl halides is 13. The van der Waals surface area contributed by atoms with E-state index in [4.69, 9.17) is 99.5 Å². The van der Waals surface area contributed by atoms with Crippen molar-refractivity contribution in [2.75, 3.05) is 278 Å². The van der Waals surface area contributed by atoms with E-state index in [2.05, 4.69) is 0 Å². The molecule has 0 saturated heterocycles. The van der Waals surface area contributed by atoms with Crippen LogP contribution in [0.2, 0.25) is 0 Å².